The quantitative estimate of drug-likeness (QED) is 0.369. The Bertz CT molecular complexity index is 1440. The summed E-state index contributed by atoms with van der Waals surface area (Å²) in [6, 6.07) is 7.05. The molecular weight excluding hydrogens is 467 g/mol. The van der Waals surface area contributed by atoms with E-state index in [2.05, 4.69) is 23.1 Å². The van der Waals surface area contributed by atoms with E-state index in [1.165, 1.54) is 18.9 Å². The van der Waals surface area contributed by atoms with Gasteiger partial charge in [0.25, 0.3) is 0 Å². The molecule has 0 radical (unpaired) electrons. The van der Waals surface area contributed by atoms with Crippen molar-refractivity contribution in [3.8, 4) is 11.3 Å². The van der Waals surface area contributed by atoms with E-state index in [-0.39, 0.29) is 12.2 Å². The number of aromatic nitrogens is 5. The molecule has 4 heterocycles. The second-order valence-electron chi connectivity index (χ2n) is 9.54. The molecule has 1 aliphatic heterocycles. The predicted molar refractivity (Wildman–Crippen MR) is 133 cm³/mol. The van der Waals surface area contributed by atoms with E-state index in [9.17, 15) is 4.39 Å². The van der Waals surface area contributed by atoms with Gasteiger partial charge in [0.1, 0.15) is 17.4 Å². The van der Waals surface area contributed by atoms with Crippen LogP contribution in [0.1, 0.15) is 48.9 Å². The third kappa shape index (κ3) is 4.25. The van der Waals surface area contributed by atoms with Gasteiger partial charge in [-0.15, -0.1) is 0 Å². The standard InChI is InChI=1S/C26H26ClFN6O/c1-14-11-33(13-24(35-14)17-10-29-34(12-17)19-5-6-19)23-9-22(20-7-4-18(27)8-21(20)28)32-26-25(23)30-15(2)16(3)31-26/h4,7-10,12,14,19,24H,5-6,11,13H2,1-3H3/t14-,24-/m0/s1. The fourth-order valence-electron chi connectivity index (χ4n) is 4.65. The summed E-state index contributed by atoms with van der Waals surface area (Å²) in [6.07, 6.45) is 6.22. The normalized spacial score (nSPS) is 20.5. The molecule has 2 aliphatic rings. The lowest BCUT2D eigenvalue weighted by Crippen LogP contribution is -2.43. The number of anilines is 1. The highest BCUT2D eigenvalue weighted by Gasteiger charge is 2.31. The molecule has 0 amide bonds. The van der Waals surface area contributed by atoms with Crippen molar-refractivity contribution in [2.24, 2.45) is 0 Å². The van der Waals surface area contributed by atoms with Crippen LogP contribution in [-0.2, 0) is 4.74 Å². The SMILES string of the molecule is Cc1nc2nc(-c3ccc(Cl)cc3F)cc(N3C[C@@H](c4cnn(C5CC5)c4)O[C@@H](C)C3)c2nc1C. The van der Waals surface area contributed by atoms with Gasteiger partial charge in [-0.25, -0.2) is 19.3 Å². The van der Waals surface area contributed by atoms with E-state index >= 15 is 0 Å². The Hall–Kier alpha value is -3.10. The highest BCUT2D eigenvalue weighted by Crippen LogP contribution is 2.37. The summed E-state index contributed by atoms with van der Waals surface area (Å²) in [5.74, 6) is -0.423. The van der Waals surface area contributed by atoms with Crippen molar-refractivity contribution >= 4 is 28.5 Å². The number of morpholine rings is 1. The van der Waals surface area contributed by atoms with Crippen LogP contribution in [0.4, 0.5) is 10.1 Å². The molecule has 2 fully saturated rings. The average Bonchev–Trinajstić information content (AvgIpc) is 3.55. The predicted octanol–water partition coefficient (Wildman–Crippen LogP) is 5.60. The Balaban J connectivity index is 1.45. The number of fused-ring (bicyclic) bond motifs is 1. The maximum absolute atomic E-state index is 14.9. The second-order valence-corrected chi connectivity index (χ2v) is 9.98. The minimum atomic E-state index is -0.423. The molecule has 35 heavy (non-hydrogen) atoms. The van der Waals surface area contributed by atoms with Crippen molar-refractivity contribution in [1.82, 2.24) is 24.7 Å². The molecule has 3 aromatic heterocycles. The number of benzene rings is 1. The van der Waals surface area contributed by atoms with Gasteiger partial charge in [0.15, 0.2) is 5.65 Å². The summed E-state index contributed by atoms with van der Waals surface area (Å²) in [5.41, 5.74) is 5.64. The minimum Gasteiger partial charge on any atom is -0.367 e. The van der Waals surface area contributed by atoms with Gasteiger partial charge >= 0.3 is 0 Å². The number of ether oxygens (including phenoxy) is 1. The van der Waals surface area contributed by atoms with Crippen LogP contribution < -0.4 is 4.90 Å². The molecule has 0 spiro atoms. The van der Waals surface area contributed by atoms with Crippen molar-refractivity contribution in [1.29, 1.82) is 0 Å². The smallest absolute Gasteiger partial charge is 0.181 e. The van der Waals surface area contributed by atoms with Crippen LogP contribution in [0.15, 0.2) is 36.7 Å². The van der Waals surface area contributed by atoms with E-state index in [4.69, 9.17) is 31.3 Å². The minimum absolute atomic E-state index is 0.0172. The van der Waals surface area contributed by atoms with E-state index in [0.717, 1.165) is 22.6 Å². The first-order valence-corrected chi connectivity index (χ1v) is 12.3. The summed E-state index contributed by atoms with van der Waals surface area (Å²) >= 11 is 5.99. The molecule has 180 valence electrons. The highest BCUT2D eigenvalue weighted by atomic mass is 35.5. The molecule has 9 heteroatoms. The summed E-state index contributed by atoms with van der Waals surface area (Å²) in [5, 5.41) is 4.89. The van der Waals surface area contributed by atoms with Gasteiger partial charge in [-0.3, -0.25) is 4.68 Å². The van der Waals surface area contributed by atoms with Crippen LogP contribution in [0.2, 0.25) is 5.02 Å². The summed E-state index contributed by atoms with van der Waals surface area (Å²) in [7, 11) is 0. The first kappa shape index (κ1) is 22.4. The van der Waals surface area contributed by atoms with Gasteiger partial charge in [0.2, 0.25) is 0 Å². The summed E-state index contributed by atoms with van der Waals surface area (Å²) in [4.78, 5) is 16.5. The number of rotatable bonds is 4. The molecule has 4 aromatic rings. The third-order valence-electron chi connectivity index (χ3n) is 6.75. The largest absolute Gasteiger partial charge is 0.367 e. The number of nitrogens with zero attached hydrogens (tertiary/aromatic N) is 6. The lowest BCUT2D eigenvalue weighted by atomic mass is 10.1. The Kier molecular flexibility index (Phi) is 5.45. The highest BCUT2D eigenvalue weighted by molar-refractivity contribution is 6.30. The van der Waals surface area contributed by atoms with Crippen LogP contribution in [0.5, 0.6) is 0 Å². The third-order valence-corrected chi connectivity index (χ3v) is 6.99. The van der Waals surface area contributed by atoms with Gasteiger partial charge in [0.05, 0.1) is 41.1 Å². The maximum atomic E-state index is 14.9. The van der Waals surface area contributed by atoms with Crippen LogP contribution >= 0.6 is 11.6 Å². The van der Waals surface area contributed by atoms with Crippen molar-refractivity contribution in [3.63, 3.8) is 0 Å². The average molecular weight is 493 g/mol. The zero-order valence-electron chi connectivity index (χ0n) is 19.9. The summed E-state index contributed by atoms with van der Waals surface area (Å²) in [6.45, 7) is 7.20. The van der Waals surface area contributed by atoms with Gasteiger partial charge < -0.3 is 9.64 Å². The van der Waals surface area contributed by atoms with E-state index < -0.39 is 5.82 Å². The van der Waals surface area contributed by atoms with Crippen molar-refractivity contribution in [2.45, 2.75) is 51.9 Å². The Labute approximate surface area is 207 Å². The van der Waals surface area contributed by atoms with Crippen LogP contribution in [0, 0.1) is 19.7 Å². The Morgan fingerprint density at radius 1 is 1.06 bits per heavy atom. The molecule has 1 aliphatic carbocycles. The summed E-state index contributed by atoms with van der Waals surface area (Å²) < 4.78 is 23.2. The number of hydrogen-bond acceptors (Lipinski definition) is 6. The molecule has 0 unspecified atom stereocenters. The molecule has 1 aromatic carbocycles. The molecule has 1 saturated heterocycles. The van der Waals surface area contributed by atoms with Gasteiger partial charge in [-0.2, -0.15) is 5.10 Å². The molecule has 6 rings (SSSR count). The fourth-order valence-corrected chi connectivity index (χ4v) is 4.81. The zero-order chi connectivity index (χ0) is 24.3. The van der Waals surface area contributed by atoms with Gasteiger partial charge in [-0.05, 0) is 57.9 Å². The van der Waals surface area contributed by atoms with Crippen molar-refractivity contribution in [3.05, 3.63) is 64.5 Å². The number of aryl methyl sites for hydroxylation is 2. The molecule has 7 nitrogen and oxygen atoms in total. The molecular formula is C26H26ClFN6O. The van der Waals surface area contributed by atoms with Crippen molar-refractivity contribution < 1.29 is 9.13 Å². The van der Waals surface area contributed by atoms with Crippen LogP contribution in [0.3, 0.4) is 0 Å². The number of halogens is 2. The molecule has 1 saturated carbocycles. The zero-order valence-corrected chi connectivity index (χ0v) is 20.6. The molecule has 0 bridgehead atoms. The van der Waals surface area contributed by atoms with E-state index in [1.807, 2.05) is 30.8 Å². The lowest BCUT2D eigenvalue weighted by molar-refractivity contribution is -0.0173. The van der Waals surface area contributed by atoms with Crippen LogP contribution in [-0.4, -0.2) is 43.9 Å². The molecule has 2 atom stereocenters. The first-order chi connectivity index (χ1) is 16.9. The number of hydrogen-bond donors (Lipinski definition) is 0. The number of pyridine rings is 1. The van der Waals surface area contributed by atoms with Gasteiger partial charge in [0, 0.05) is 35.4 Å². The van der Waals surface area contributed by atoms with E-state index in [0.29, 0.717) is 46.6 Å². The first-order valence-electron chi connectivity index (χ1n) is 11.9. The second kappa shape index (κ2) is 8.53. The fraction of sp³-hybridized carbons (Fsp3) is 0.385. The Morgan fingerprint density at radius 3 is 2.63 bits per heavy atom. The van der Waals surface area contributed by atoms with E-state index in [1.54, 1.807) is 12.1 Å². The topological polar surface area (TPSA) is 69.0 Å². The van der Waals surface area contributed by atoms with Crippen molar-refractivity contribution in [2.75, 3.05) is 18.0 Å². The van der Waals surface area contributed by atoms with Gasteiger partial charge in [-0.1, -0.05) is 11.6 Å². The molecule has 0 N–H and O–H groups in total. The Morgan fingerprint density at radius 2 is 1.86 bits per heavy atom. The monoisotopic (exact) mass is 492 g/mol. The lowest BCUT2D eigenvalue weighted by Gasteiger charge is -2.38. The maximum Gasteiger partial charge on any atom is 0.181 e. The van der Waals surface area contributed by atoms with Crippen LogP contribution in [0.25, 0.3) is 22.4 Å².